The zero-order valence-electron chi connectivity index (χ0n) is 10.9. The minimum Gasteiger partial charge on any atom is -0.492 e. The van der Waals surface area contributed by atoms with E-state index in [2.05, 4.69) is 11.4 Å². The molecule has 0 aliphatic carbocycles. The molecular formula is C14H14ClN3OS. The smallest absolute Gasteiger partial charge is 0.177 e. The van der Waals surface area contributed by atoms with Gasteiger partial charge in [0.25, 0.3) is 0 Å². The van der Waals surface area contributed by atoms with Gasteiger partial charge in [-0.15, -0.1) is 11.3 Å². The van der Waals surface area contributed by atoms with E-state index in [9.17, 15) is 0 Å². The molecule has 0 radical (unpaired) electrons. The zero-order valence-corrected chi connectivity index (χ0v) is 12.5. The van der Waals surface area contributed by atoms with Gasteiger partial charge in [0, 0.05) is 11.6 Å². The van der Waals surface area contributed by atoms with Gasteiger partial charge in [0.05, 0.1) is 7.11 Å². The minimum absolute atomic E-state index is 0.397. The van der Waals surface area contributed by atoms with Crippen LogP contribution in [0.2, 0.25) is 5.02 Å². The molecular weight excluding hydrogens is 294 g/mol. The van der Waals surface area contributed by atoms with E-state index < -0.39 is 0 Å². The molecule has 2 rings (SSSR count). The number of hydrogen-bond donors (Lipinski definition) is 2. The van der Waals surface area contributed by atoms with Crippen LogP contribution >= 0.6 is 22.9 Å². The van der Waals surface area contributed by atoms with Crippen molar-refractivity contribution in [1.29, 1.82) is 5.26 Å². The summed E-state index contributed by atoms with van der Waals surface area (Å²) in [5.74, 6) is 0.544. The Hall–Kier alpha value is -1.90. The van der Waals surface area contributed by atoms with E-state index in [0.29, 0.717) is 16.3 Å². The maximum absolute atomic E-state index is 8.97. The summed E-state index contributed by atoms with van der Waals surface area (Å²) in [5, 5.41) is 13.7. The number of thiophene rings is 1. The van der Waals surface area contributed by atoms with Crippen molar-refractivity contribution in [2.24, 2.45) is 0 Å². The van der Waals surface area contributed by atoms with Crippen molar-refractivity contribution in [3.8, 4) is 11.8 Å². The number of nitrogens with two attached hydrogens (primary N) is 1. The van der Waals surface area contributed by atoms with E-state index in [1.165, 1.54) is 16.9 Å². The highest BCUT2D eigenvalue weighted by atomic mass is 35.5. The molecule has 1 aromatic heterocycles. The minimum atomic E-state index is 0.397. The fourth-order valence-corrected chi connectivity index (χ4v) is 2.84. The molecule has 0 saturated heterocycles. The first kappa shape index (κ1) is 14.5. The second-order valence-electron chi connectivity index (χ2n) is 4.12. The quantitative estimate of drug-likeness (QED) is 0.886. The lowest BCUT2D eigenvalue weighted by Gasteiger charge is -2.07. The average molecular weight is 308 g/mol. The number of hydrogen-bond acceptors (Lipinski definition) is 5. The molecule has 1 heterocycles. The van der Waals surface area contributed by atoms with E-state index in [4.69, 9.17) is 27.3 Å². The summed E-state index contributed by atoms with van der Waals surface area (Å²) >= 11 is 7.15. The van der Waals surface area contributed by atoms with Crippen LogP contribution in [-0.4, -0.2) is 13.7 Å². The molecule has 6 heteroatoms. The highest BCUT2D eigenvalue weighted by molar-refractivity contribution is 7.17. The Morgan fingerprint density at radius 3 is 2.70 bits per heavy atom. The molecule has 104 valence electrons. The fourth-order valence-electron chi connectivity index (χ4n) is 1.80. The van der Waals surface area contributed by atoms with Gasteiger partial charge in [0.15, 0.2) is 5.75 Å². The first-order valence-electron chi connectivity index (χ1n) is 6.00. The van der Waals surface area contributed by atoms with Crippen molar-refractivity contribution in [3.63, 3.8) is 0 Å². The van der Waals surface area contributed by atoms with Crippen molar-refractivity contribution >= 4 is 33.6 Å². The van der Waals surface area contributed by atoms with Crippen LogP contribution in [0.4, 0.5) is 10.7 Å². The van der Waals surface area contributed by atoms with Crippen LogP contribution in [0.1, 0.15) is 10.4 Å². The molecule has 0 fully saturated rings. The van der Waals surface area contributed by atoms with Gasteiger partial charge in [-0.3, -0.25) is 0 Å². The second kappa shape index (κ2) is 6.51. The highest BCUT2D eigenvalue weighted by Crippen LogP contribution is 2.41. The molecule has 0 atom stereocenters. The third kappa shape index (κ3) is 3.16. The van der Waals surface area contributed by atoms with Gasteiger partial charge in [-0.2, -0.15) is 5.26 Å². The Labute approximate surface area is 126 Å². The zero-order chi connectivity index (χ0) is 14.5. The number of methoxy groups -OCH3 is 1. The monoisotopic (exact) mass is 307 g/mol. The van der Waals surface area contributed by atoms with Gasteiger partial charge in [-0.25, -0.2) is 0 Å². The Morgan fingerprint density at radius 2 is 2.10 bits per heavy atom. The number of ether oxygens (including phenoxy) is 1. The van der Waals surface area contributed by atoms with E-state index in [-0.39, 0.29) is 0 Å². The maximum Gasteiger partial charge on any atom is 0.177 e. The predicted octanol–water partition coefficient (Wildman–Crippen LogP) is 3.52. The van der Waals surface area contributed by atoms with Gasteiger partial charge < -0.3 is 15.8 Å². The molecule has 0 unspecified atom stereocenters. The second-order valence-corrected chi connectivity index (χ2v) is 5.58. The number of nitrogen functional groups attached to an aromatic ring is 1. The average Bonchev–Trinajstić information content (AvgIpc) is 2.76. The van der Waals surface area contributed by atoms with Gasteiger partial charge in [0.2, 0.25) is 0 Å². The first-order chi connectivity index (χ1) is 9.65. The van der Waals surface area contributed by atoms with Crippen LogP contribution in [0.25, 0.3) is 0 Å². The van der Waals surface area contributed by atoms with Gasteiger partial charge >= 0.3 is 0 Å². The molecule has 1 aromatic carbocycles. The maximum atomic E-state index is 8.97. The summed E-state index contributed by atoms with van der Waals surface area (Å²) in [4.78, 5) is 0.468. The molecule has 0 bridgehead atoms. The lowest BCUT2D eigenvalue weighted by atomic mass is 10.1. The van der Waals surface area contributed by atoms with Crippen molar-refractivity contribution in [2.75, 3.05) is 24.7 Å². The summed E-state index contributed by atoms with van der Waals surface area (Å²) in [7, 11) is 1.55. The summed E-state index contributed by atoms with van der Waals surface area (Å²) < 4.78 is 5.23. The van der Waals surface area contributed by atoms with Crippen molar-refractivity contribution in [2.45, 2.75) is 6.42 Å². The summed E-state index contributed by atoms with van der Waals surface area (Å²) in [6.07, 6.45) is 0.847. The molecule has 0 spiro atoms. The normalized spacial score (nSPS) is 10.1. The van der Waals surface area contributed by atoms with Crippen LogP contribution in [0.5, 0.6) is 5.75 Å². The largest absolute Gasteiger partial charge is 0.492 e. The number of nitriles is 1. The third-order valence-corrected chi connectivity index (χ3v) is 4.12. The Balaban J connectivity index is 2.01. The van der Waals surface area contributed by atoms with Crippen LogP contribution in [0.15, 0.2) is 24.3 Å². The van der Waals surface area contributed by atoms with Crippen molar-refractivity contribution in [3.05, 3.63) is 39.7 Å². The van der Waals surface area contributed by atoms with Crippen LogP contribution in [-0.2, 0) is 6.42 Å². The van der Waals surface area contributed by atoms with E-state index in [1.54, 1.807) is 7.11 Å². The molecule has 20 heavy (non-hydrogen) atoms. The molecule has 3 N–H and O–H groups in total. The molecule has 4 nitrogen and oxygen atoms in total. The van der Waals surface area contributed by atoms with E-state index >= 15 is 0 Å². The summed E-state index contributed by atoms with van der Waals surface area (Å²) in [6.45, 7) is 0.725. The van der Waals surface area contributed by atoms with Crippen LogP contribution in [0.3, 0.4) is 0 Å². The van der Waals surface area contributed by atoms with E-state index in [0.717, 1.165) is 23.0 Å². The standard InChI is InChI=1S/C14H14ClN3OS/c1-19-13-12(17)11(8-16)20-14(13)18-7-6-9-2-4-10(15)5-3-9/h2-5,18H,6-7,17H2,1H3. The number of rotatable bonds is 5. The lowest BCUT2D eigenvalue weighted by Crippen LogP contribution is -2.04. The van der Waals surface area contributed by atoms with Gasteiger partial charge in [-0.1, -0.05) is 23.7 Å². The molecule has 0 amide bonds. The van der Waals surface area contributed by atoms with Crippen molar-refractivity contribution in [1.82, 2.24) is 0 Å². The van der Waals surface area contributed by atoms with E-state index in [1.807, 2.05) is 24.3 Å². The highest BCUT2D eigenvalue weighted by Gasteiger charge is 2.15. The van der Waals surface area contributed by atoms with Gasteiger partial charge in [0.1, 0.15) is 21.6 Å². The predicted molar refractivity (Wildman–Crippen MR) is 83.6 cm³/mol. The lowest BCUT2D eigenvalue weighted by molar-refractivity contribution is 0.420. The number of benzene rings is 1. The van der Waals surface area contributed by atoms with Crippen molar-refractivity contribution < 1.29 is 4.74 Å². The topological polar surface area (TPSA) is 71.1 Å². The Kier molecular flexibility index (Phi) is 4.72. The number of halogens is 1. The van der Waals surface area contributed by atoms with Gasteiger partial charge in [-0.05, 0) is 24.1 Å². The fraction of sp³-hybridized carbons (Fsp3) is 0.214. The number of anilines is 2. The van der Waals surface area contributed by atoms with Crippen LogP contribution < -0.4 is 15.8 Å². The SMILES string of the molecule is COc1c(NCCc2ccc(Cl)cc2)sc(C#N)c1N. The Morgan fingerprint density at radius 1 is 1.40 bits per heavy atom. The summed E-state index contributed by atoms with van der Waals surface area (Å²) in [5.41, 5.74) is 7.42. The number of nitrogens with zero attached hydrogens (tertiary/aromatic N) is 1. The molecule has 2 aromatic rings. The first-order valence-corrected chi connectivity index (χ1v) is 7.19. The number of nitrogens with one attached hydrogen (secondary N) is 1. The summed E-state index contributed by atoms with van der Waals surface area (Å²) in [6, 6.07) is 9.78. The Bertz CT molecular complexity index is 631. The van der Waals surface area contributed by atoms with Crippen LogP contribution in [0, 0.1) is 11.3 Å². The third-order valence-electron chi connectivity index (χ3n) is 2.82. The molecule has 0 saturated carbocycles. The molecule has 0 aliphatic rings. The molecule has 0 aliphatic heterocycles.